The minimum absolute atomic E-state index is 0.0625. The molecule has 1 aromatic heterocycles. The Morgan fingerprint density at radius 2 is 2.55 bits per heavy atom. The minimum Gasteiger partial charge on any atom is -0.480 e. The van der Waals surface area contributed by atoms with Gasteiger partial charge in [0.25, 0.3) is 0 Å². The van der Waals surface area contributed by atoms with Crippen LogP contribution in [0.25, 0.3) is 0 Å². The lowest BCUT2D eigenvalue weighted by Gasteiger charge is -1.85. The zero-order chi connectivity index (χ0) is 7.84. The van der Waals surface area contributed by atoms with E-state index >= 15 is 0 Å². The number of carboxylic acid groups (broad SMARTS) is 1. The molecule has 0 radical (unpaired) electrons. The molecule has 0 bridgehead atoms. The zero-order valence-electron chi connectivity index (χ0n) is 5.65. The van der Waals surface area contributed by atoms with Crippen molar-refractivity contribution in [3.63, 3.8) is 0 Å². The third kappa shape index (κ3) is 1.15. The monoisotopic (exact) mass is 169 g/mol. The summed E-state index contributed by atoms with van der Waals surface area (Å²) in [5, 5.41) is 13.4. The molecule has 2 atom stereocenters. The highest BCUT2D eigenvalue weighted by Gasteiger charge is 2.43. The van der Waals surface area contributed by atoms with E-state index in [4.69, 9.17) is 5.11 Å². The molecular weight excluding hydrogens is 162 g/mol. The lowest BCUT2D eigenvalue weighted by Crippen LogP contribution is -2.06. The van der Waals surface area contributed by atoms with Crippen LogP contribution in [-0.4, -0.2) is 17.1 Å². The van der Waals surface area contributed by atoms with Gasteiger partial charge in [-0.15, -0.1) is 11.3 Å². The van der Waals surface area contributed by atoms with Crippen LogP contribution in [0.3, 0.4) is 0 Å². The van der Waals surface area contributed by atoms with Crippen molar-refractivity contribution in [3.05, 3.63) is 22.4 Å². The van der Waals surface area contributed by atoms with Crippen molar-refractivity contribution in [3.8, 4) is 0 Å². The highest BCUT2D eigenvalue weighted by atomic mass is 32.1. The van der Waals surface area contributed by atoms with Gasteiger partial charge in [0.05, 0.1) is 6.04 Å². The first-order valence-corrected chi connectivity index (χ1v) is 4.19. The molecule has 0 saturated carbocycles. The Morgan fingerprint density at radius 1 is 1.73 bits per heavy atom. The molecule has 2 rings (SSSR count). The predicted molar refractivity (Wildman–Crippen MR) is 41.6 cm³/mol. The summed E-state index contributed by atoms with van der Waals surface area (Å²) < 4.78 is 0. The van der Waals surface area contributed by atoms with Gasteiger partial charge in [0.1, 0.15) is 6.04 Å². The Balaban J connectivity index is 2.08. The molecule has 58 valence electrons. The lowest BCUT2D eigenvalue weighted by molar-refractivity contribution is -0.136. The van der Waals surface area contributed by atoms with Gasteiger partial charge in [-0.05, 0) is 11.4 Å². The number of hydrogen-bond acceptors (Lipinski definition) is 3. The van der Waals surface area contributed by atoms with Crippen molar-refractivity contribution in [2.45, 2.75) is 12.1 Å². The van der Waals surface area contributed by atoms with Gasteiger partial charge in [0, 0.05) is 4.88 Å². The second-order valence-electron chi connectivity index (χ2n) is 2.48. The molecule has 4 heteroatoms. The number of rotatable bonds is 2. The third-order valence-electron chi connectivity index (χ3n) is 1.70. The molecule has 1 aliphatic rings. The Hall–Kier alpha value is -0.870. The summed E-state index contributed by atoms with van der Waals surface area (Å²) in [6, 6.07) is 3.59. The van der Waals surface area contributed by atoms with Crippen LogP contribution in [0.1, 0.15) is 10.9 Å². The maximum atomic E-state index is 10.4. The van der Waals surface area contributed by atoms with Crippen LogP contribution in [0.4, 0.5) is 0 Å². The van der Waals surface area contributed by atoms with Crippen molar-refractivity contribution in [1.29, 1.82) is 0 Å². The first-order chi connectivity index (χ1) is 5.29. The van der Waals surface area contributed by atoms with Crippen molar-refractivity contribution in [2.24, 2.45) is 0 Å². The van der Waals surface area contributed by atoms with Crippen LogP contribution < -0.4 is 5.32 Å². The van der Waals surface area contributed by atoms with Gasteiger partial charge in [-0.2, -0.15) is 0 Å². The van der Waals surface area contributed by atoms with E-state index in [9.17, 15) is 4.79 Å². The molecule has 2 heterocycles. The van der Waals surface area contributed by atoms with E-state index in [1.165, 1.54) is 0 Å². The summed E-state index contributed by atoms with van der Waals surface area (Å²) in [5.41, 5.74) is 0. The molecule has 11 heavy (non-hydrogen) atoms. The van der Waals surface area contributed by atoms with Gasteiger partial charge in [0.2, 0.25) is 0 Å². The van der Waals surface area contributed by atoms with Gasteiger partial charge < -0.3 is 5.11 Å². The second-order valence-corrected chi connectivity index (χ2v) is 3.45. The second kappa shape index (κ2) is 2.32. The Labute approximate surface area is 67.7 Å². The number of hydrogen-bond donors (Lipinski definition) is 2. The first-order valence-electron chi connectivity index (χ1n) is 3.31. The van der Waals surface area contributed by atoms with Gasteiger partial charge in [-0.3, -0.25) is 10.1 Å². The molecule has 3 nitrogen and oxygen atoms in total. The number of carbonyl (C=O) groups is 1. The summed E-state index contributed by atoms with van der Waals surface area (Å²) >= 11 is 1.59. The number of nitrogens with one attached hydrogen (secondary N) is 1. The van der Waals surface area contributed by atoms with Gasteiger partial charge in [-0.25, -0.2) is 0 Å². The van der Waals surface area contributed by atoms with Crippen LogP contribution in [0.2, 0.25) is 0 Å². The van der Waals surface area contributed by atoms with Crippen LogP contribution >= 0.6 is 11.3 Å². The lowest BCUT2D eigenvalue weighted by atomic mass is 10.3. The Kier molecular flexibility index (Phi) is 1.44. The Bertz CT molecular complexity index is 270. The number of carboxylic acids is 1. The molecule has 1 saturated heterocycles. The summed E-state index contributed by atoms with van der Waals surface area (Å²) in [7, 11) is 0. The van der Waals surface area contributed by atoms with E-state index < -0.39 is 5.97 Å². The van der Waals surface area contributed by atoms with Crippen molar-refractivity contribution < 1.29 is 9.90 Å². The topological polar surface area (TPSA) is 59.2 Å². The van der Waals surface area contributed by atoms with Gasteiger partial charge >= 0.3 is 5.97 Å². The standard InChI is InChI=1S/C7H7NO2S/c9-7(10)6-5(8-6)4-2-1-3-11-4/h1-3,5-6,8H,(H,9,10). The SMILES string of the molecule is O=C(O)C1NC1c1cccs1. The molecule has 1 aromatic rings. The van der Waals surface area contributed by atoms with E-state index in [2.05, 4.69) is 5.32 Å². The first kappa shape index (κ1) is 6.82. The minimum atomic E-state index is -0.761. The molecule has 2 N–H and O–H groups in total. The van der Waals surface area contributed by atoms with E-state index in [-0.39, 0.29) is 12.1 Å². The molecule has 0 aliphatic carbocycles. The normalized spacial score (nSPS) is 28.4. The van der Waals surface area contributed by atoms with Crippen LogP contribution in [0.15, 0.2) is 17.5 Å². The zero-order valence-corrected chi connectivity index (χ0v) is 6.47. The molecule has 0 spiro atoms. The van der Waals surface area contributed by atoms with Crippen molar-refractivity contribution in [2.75, 3.05) is 0 Å². The van der Waals surface area contributed by atoms with Gasteiger partial charge in [-0.1, -0.05) is 6.07 Å². The van der Waals surface area contributed by atoms with E-state index in [1.54, 1.807) is 11.3 Å². The summed E-state index contributed by atoms with van der Waals surface area (Å²) in [5.74, 6) is -0.761. The molecule has 0 aromatic carbocycles. The number of thiophene rings is 1. The fraction of sp³-hybridized carbons (Fsp3) is 0.286. The molecule has 2 unspecified atom stereocenters. The maximum Gasteiger partial charge on any atom is 0.322 e. The highest BCUT2D eigenvalue weighted by molar-refractivity contribution is 7.10. The predicted octanol–water partition coefficient (Wildman–Crippen LogP) is 0.846. The highest BCUT2D eigenvalue weighted by Crippen LogP contribution is 2.32. The molecule has 1 aliphatic heterocycles. The van der Waals surface area contributed by atoms with Crippen LogP contribution in [-0.2, 0) is 4.79 Å². The van der Waals surface area contributed by atoms with E-state index in [0.717, 1.165) is 4.88 Å². The van der Waals surface area contributed by atoms with Crippen LogP contribution in [0, 0.1) is 0 Å². The van der Waals surface area contributed by atoms with E-state index in [0.29, 0.717) is 0 Å². The maximum absolute atomic E-state index is 10.4. The van der Waals surface area contributed by atoms with E-state index in [1.807, 2.05) is 17.5 Å². The fourth-order valence-electron chi connectivity index (χ4n) is 1.07. The summed E-state index contributed by atoms with van der Waals surface area (Å²) in [4.78, 5) is 11.5. The quantitative estimate of drug-likeness (QED) is 0.645. The largest absolute Gasteiger partial charge is 0.480 e. The summed E-state index contributed by atoms with van der Waals surface area (Å²) in [6.07, 6.45) is 0. The van der Waals surface area contributed by atoms with Gasteiger partial charge in [0.15, 0.2) is 0 Å². The Morgan fingerprint density at radius 3 is 3.00 bits per heavy atom. The number of aliphatic carboxylic acids is 1. The molecular formula is C7H7NO2S. The summed E-state index contributed by atoms with van der Waals surface area (Å²) in [6.45, 7) is 0. The van der Waals surface area contributed by atoms with Crippen LogP contribution in [0.5, 0.6) is 0 Å². The third-order valence-corrected chi connectivity index (χ3v) is 2.65. The molecule has 0 amide bonds. The average Bonchev–Trinajstić information content (AvgIpc) is 2.60. The fourth-order valence-corrected chi connectivity index (χ4v) is 1.89. The average molecular weight is 169 g/mol. The smallest absolute Gasteiger partial charge is 0.322 e. The molecule has 1 fully saturated rings. The van der Waals surface area contributed by atoms with Crippen molar-refractivity contribution >= 4 is 17.3 Å². The van der Waals surface area contributed by atoms with Crippen molar-refractivity contribution in [1.82, 2.24) is 5.32 Å².